The van der Waals surface area contributed by atoms with Gasteiger partial charge in [-0.05, 0) is 23.3 Å². The Morgan fingerprint density at radius 2 is 1.78 bits per heavy atom. The minimum Gasteiger partial charge on any atom is -0.467 e. The van der Waals surface area contributed by atoms with E-state index in [0.717, 1.165) is 5.56 Å². The highest BCUT2D eigenvalue weighted by molar-refractivity contribution is 5.85. The first-order valence-corrected chi connectivity index (χ1v) is 7.24. The highest BCUT2D eigenvalue weighted by Gasteiger charge is 2.22. The maximum atomic E-state index is 13.1. The van der Waals surface area contributed by atoms with Gasteiger partial charge in [-0.25, -0.2) is 9.18 Å². The lowest BCUT2D eigenvalue weighted by Crippen LogP contribution is -2.43. The molecule has 23 heavy (non-hydrogen) atoms. The molecule has 0 bridgehead atoms. The predicted molar refractivity (Wildman–Crippen MR) is 84.2 cm³/mol. The SMILES string of the molecule is COC(=O)[C@H](Cc1ccccc1)NC(=O)Cc1cccc(F)c1. The van der Waals surface area contributed by atoms with E-state index in [0.29, 0.717) is 12.0 Å². The molecule has 5 heteroatoms. The molecule has 0 aliphatic rings. The van der Waals surface area contributed by atoms with Gasteiger partial charge in [-0.3, -0.25) is 4.79 Å². The summed E-state index contributed by atoms with van der Waals surface area (Å²) in [6.07, 6.45) is 0.336. The maximum absolute atomic E-state index is 13.1. The molecule has 0 heterocycles. The number of rotatable bonds is 6. The van der Waals surface area contributed by atoms with Crippen molar-refractivity contribution in [3.05, 3.63) is 71.5 Å². The third kappa shape index (κ3) is 5.21. The molecule has 1 amide bonds. The molecule has 0 spiro atoms. The van der Waals surface area contributed by atoms with E-state index in [1.807, 2.05) is 30.3 Å². The van der Waals surface area contributed by atoms with E-state index in [4.69, 9.17) is 4.74 Å². The van der Waals surface area contributed by atoms with Crippen LogP contribution in [0.2, 0.25) is 0 Å². The van der Waals surface area contributed by atoms with E-state index < -0.39 is 17.8 Å². The number of esters is 1. The molecule has 4 nitrogen and oxygen atoms in total. The van der Waals surface area contributed by atoms with Crippen LogP contribution in [0.15, 0.2) is 54.6 Å². The van der Waals surface area contributed by atoms with Gasteiger partial charge in [0.1, 0.15) is 11.9 Å². The number of hydrogen-bond acceptors (Lipinski definition) is 3. The Bertz CT molecular complexity index is 673. The molecular weight excluding hydrogens is 297 g/mol. The summed E-state index contributed by atoms with van der Waals surface area (Å²) in [4.78, 5) is 24.0. The van der Waals surface area contributed by atoms with Crippen molar-refractivity contribution in [1.82, 2.24) is 5.32 Å². The van der Waals surface area contributed by atoms with Gasteiger partial charge >= 0.3 is 5.97 Å². The Kier molecular flexibility index (Phi) is 5.86. The molecular formula is C18H18FNO3. The quantitative estimate of drug-likeness (QED) is 0.832. The van der Waals surface area contributed by atoms with Crippen LogP contribution in [0.3, 0.4) is 0 Å². The fraction of sp³-hybridized carbons (Fsp3) is 0.222. The summed E-state index contributed by atoms with van der Waals surface area (Å²) in [5.74, 6) is -1.27. The summed E-state index contributed by atoms with van der Waals surface area (Å²) in [6.45, 7) is 0. The zero-order valence-electron chi connectivity index (χ0n) is 12.8. The molecule has 120 valence electrons. The molecule has 1 N–H and O–H groups in total. The fourth-order valence-electron chi connectivity index (χ4n) is 2.26. The average molecular weight is 315 g/mol. The molecule has 2 rings (SSSR count). The van der Waals surface area contributed by atoms with E-state index in [2.05, 4.69) is 5.32 Å². The molecule has 2 aromatic rings. The summed E-state index contributed by atoms with van der Waals surface area (Å²) in [7, 11) is 1.28. The second kappa shape index (κ2) is 8.08. The largest absolute Gasteiger partial charge is 0.467 e. The number of ether oxygens (including phenoxy) is 1. The number of amides is 1. The molecule has 2 aromatic carbocycles. The first-order valence-electron chi connectivity index (χ1n) is 7.24. The molecule has 0 aliphatic carbocycles. The number of carbonyl (C=O) groups is 2. The summed E-state index contributed by atoms with van der Waals surface area (Å²) < 4.78 is 17.9. The van der Waals surface area contributed by atoms with Crippen molar-refractivity contribution >= 4 is 11.9 Å². The van der Waals surface area contributed by atoms with Gasteiger partial charge in [0.05, 0.1) is 13.5 Å². The van der Waals surface area contributed by atoms with Gasteiger partial charge in [-0.15, -0.1) is 0 Å². The zero-order valence-corrected chi connectivity index (χ0v) is 12.8. The molecule has 0 saturated heterocycles. The van der Waals surface area contributed by atoms with Gasteiger partial charge in [-0.2, -0.15) is 0 Å². The van der Waals surface area contributed by atoms with Crippen molar-refractivity contribution in [1.29, 1.82) is 0 Å². The average Bonchev–Trinajstić information content (AvgIpc) is 2.54. The van der Waals surface area contributed by atoms with Crippen LogP contribution in [-0.4, -0.2) is 25.0 Å². The first kappa shape index (κ1) is 16.7. The third-order valence-corrected chi connectivity index (χ3v) is 3.36. The van der Waals surface area contributed by atoms with Crippen molar-refractivity contribution in [2.45, 2.75) is 18.9 Å². The van der Waals surface area contributed by atoms with Crippen molar-refractivity contribution in [2.24, 2.45) is 0 Å². The minimum atomic E-state index is -0.775. The number of halogens is 1. The summed E-state index contributed by atoms with van der Waals surface area (Å²) >= 11 is 0. The number of carbonyl (C=O) groups excluding carboxylic acids is 2. The standard InChI is InChI=1S/C18H18FNO3/c1-23-18(22)16(11-13-6-3-2-4-7-13)20-17(21)12-14-8-5-9-15(19)10-14/h2-10,16H,11-12H2,1H3,(H,20,21)/t16-/m0/s1. The van der Waals surface area contributed by atoms with E-state index >= 15 is 0 Å². The molecule has 0 fully saturated rings. The summed E-state index contributed by atoms with van der Waals surface area (Å²) in [6, 6.07) is 14.4. The maximum Gasteiger partial charge on any atom is 0.328 e. The summed E-state index contributed by atoms with van der Waals surface area (Å²) in [5.41, 5.74) is 1.46. The Balaban J connectivity index is 2.02. The second-order valence-electron chi connectivity index (χ2n) is 5.14. The number of benzene rings is 2. The molecule has 0 unspecified atom stereocenters. The van der Waals surface area contributed by atoms with E-state index in [-0.39, 0.29) is 12.3 Å². The molecule has 0 aromatic heterocycles. The second-order valence-corrected chi connectivity index (χ2v) is 5.14. The first-order chi connectivity index (χ1) is 11.1. The van der Waals surface area contributed by atoms with Crippen LogP contribution in [-0.2, 0) is 27.2 Å². The summed E-state index contributed by atoms with van der Waals surface area (Å²) in [5, 5.41) is 2.65. The van der Waals surface area contributed by atoms with Crippen molar-refractivity contribution in [3.8, 4) is 0 Å². The molecule has 1 atom stereocenters. The highest BCUT2D eigenvalue weighted by atomic mass is 19.1. The lowest BCUT2D eigenvalue weighted by molar-refractivity contribution is -0.145. The van der Waals surface area contributed by atoms with Crippen LogP contribution in [0.5, 0.6) is 0 Å². The Labute approximate surface area is 134 Å². The Morgan fingerprint density at radius 3 is 2.43 bits per heavy atom. The van der Waals surface area contributed by atoms with Gasteiger partial charge in [0.25, 0.3) is 0 Å². The lowest BCUT2D eigenvalue weighted by atomic mass is 10.1. The van der Waals surface area contributed by atoms with Crippen LogP contribution < -0.4 is 5.32 Å². The smallest absolute Gasteiger partial charge is 0.328 e. The normalized spacial score (nSPS) is 11.6. The fourth-order valence-corrected chi connectivity index (χ4v) is 2.26. The Hall–Kier alpha value is -2.69. The van der Waals surface area contributed by atoms with Crippen LogP contribution >= 0.6 is 0 Å². The third-order valence-electron chi connectivity index (χ3n) is 3.36. The molecule has 0 radical (unpaired) electrons. The topological polar surface area (TPSA) is 55.4 Å². The van der Waals surface area contributed by atoms with Gasteiger partial charge in [-0.1, -0.05) is 42.5 Å². The van der Waals surface area contributed by atoms with Crippen LogP contribution in [0.1, 0.15) is 11.1 Å². The molecule has 0 aliphatic heterocycles. The monoisotopic (exact) mass is 315 g/mol. The van der Waals surface area contributed by atoms with Crippen molar-refractivity contribution < 1.29 is 18.7 Å². The Morgan fingerprint density at radius 1 is 1.09 bits per heavy atom. The van der Waals surface area contributed by atoms with Gasteiger partial charge in [0.2, 0.25) is 5.91 Å². The van der Waals surface area contributed by atoms with Crippen LogP contribution in [0, 0.1) is 5.82 Å². The number of hydrogen-bond donors (Lipinski definition) is 1. The lowest BCUT2D eigenvalue weighted by Gasteiger charge is -2.16. The van der Waals surface area contributed by atoms with E-state index in [1.165, 1.54) is 19.2 Å². The van der Waals surface area contributed by atoms with Crippen molar-refractivity contribution in [3.63, 3.8) is 0 Å². The highest BCUT2D eigenvalue weighted by Crippen LogP contribution is 2.07. The van der Waals surface area contributed by atoms with Gasteiger partial charge in [0, 0.05) is 6.42 Å². The zero-order chi connectivity index (χ0) is 16.7. The molecule has 0 saturated carbocycles. The van der Waals surface area contributed by atoms with Gasteiger partial charge < -0.3 is 10.1 Å². The van der Waals surface area contributed by atoms with Crippen LogP contribution in [0.25, 0.3) is 0 Å². The minimum absolute atomic E-state index is 0.0000436. The van der Waals surface area contributed by atoms with Crippen molar-refractivity contribution in [2.75, 3.05) is 7.11 Å². The van der Waals surface area contributed by atoms with E-state index in [9.17, 15) is 14.0 Å². The number of methoxy groups -OCH3 is 1. The van der Waals surface area contributed by atoms with Crippen LogP contribution in [0.4, 0.5) is 4.39 Å². The van der Waals surface area contributed by atoms with Gasteiger partial charge in [0.15, 0.2) is 0 Å². The number of nitrogens with one attached hydrogen (secondary N) is 1. The van der Waals surface area contributed by atoms with E-state index in [1.54, 1.807) is 12.1 Å². The predicted octanol–water partition coefficient (Wildman–Crippen LogP) is 2.27.